The van der Waals surface area contributed by atoms with Crippen LogP contribution in [0, 0.1) is 5.92 Å². The lowest BCUT2D eigenvalue weighted by Gasteiger charge is -2.24. The van der Waals surface area contributed by atoms with Gasteiger partial charge in [-0.05, 0) is 23.6 Å². The zero-order valence-electron chi connectivity index (χ0n) is 19.5. The molecule has 178 valence electrons. The topological polar surface area (TPSA) is 54.0 Å². The Hall–Kier alpha value is -2.83. The van der Waals surface area contributed by atoms with Crippen LogP contribution >= 0.6 is 0 Å². The minimum absolute atomic E-state index is 0.0843. The Kier molecular flexibility index (Phi) is 8.99. The summed E-state index contributed by atoms with van der Waals surface area (Å²) in [5.74, 6) is -0.128. The summed E-state index contributed by atoms with van der Waals surface area (Å²) in [5.41, 5.74) is 3.22. The summed E-state index contributed by atoms with van der Waals surface area (Å²) in [6.07, 6.45) is -0.873. The molecule has 0 spiro atoms. The molecule has 0 amide bonds. The molecule has 4 rings (SSSR count). The van der Waals surface area contributed by atoms with Gasteiger partial charge in [0.2, 0.25) is 0 Å². The summed E-state index contributed by atoms with van der Waals surface area (Å²) in [5, 5.41) is 0. The van der Waals surface area contributed by atoms with Crippen LogP contribution in [0.3, 0.4) is 0 Å². The Bertz CT molecular complexity index is 993. The Morgan fingerprint density at radius 3 is 1.76 bits per heavy atom. The molecule has 1 aliphatic rings. The smallest absolute Gasteiger partial charge is 0.164 e. The van der Waals surface area contributed by atoms with E-state index in [0.717, 1.165) is 16.7 Å². The maximum atomic E-state index is 12.1. The highest BCUT2D eigenvalue weighted by Crippen LogP contribution is 2.34. The summed E-state index contributed by atoms with van der Waals surface area (Å²) in [6, 6.07) is 30.0. The molecule has 3 aromatic rings. The van der Waals surface area contributed by atoms with E-state index in [-0.39, 0.29) is 23.9 Å². The highest BCUT2D eigenvalue weighted by molar-refractivity contribution is 5.75. The van der Waals surface area contributed by atoms with E-state index in [1.165, 1.54) is 0 Å². The Morgan fingerprint density at radius 2 is 1.24 bits per heavy atom. The van der Waals surface area contributed by atoms with Gasteiger partial charge in [0.15, 0.2) is 6.29 Å². The SMILES string of the molecule is CC(=O)C[C@@H]1[C@@H](OCc2ccccc2)O[C@H](COCc2ccccc2)[C@@H]1OCc1ccccc1. The first kappa shape index (κ1) is 24.3. The largest absolute Gasteiger partial charge is 0.374 e. The van der Waals surface area contributed by atoms with Gasteiger partial charge in [-0.1, -0.05) is 91.0 Å². The lowest BCUT2D eigenvalue weighted by Crippen LogP contribution is -2.35. The van der Waals surface area contributed by atoms with Gasteiger partial charge in [-0.25, -0.2) is 0 Å². The van der Waals surface area contributed by atoms with Crippen LogP contribution in [0.4, 0.5) is 0 Å². The van der Waals surface area contributed by atoms with Crippen LogP contribution < -0.4 is 0 Å². The fraction of sp³-hybridized carbons (Fsp3) is 0.345. The van der Waals surface area contributed by atoms with Crippen molar-refractivity contribution in [3.8, 4) is 0 Å². The van der Waals surface area contributed by atoms with Gasteiger partial charge in [0.05, 0.1) is 32.5 Å². The molecule has 34 heavy (non-hydrogen) atoms. The highest BCUT2D eigenvalue weighted by atomic mass is 16.7. The summed E-state index contributed by atoms with van der Waals surface area (Å²) < 4.78 is 24.8. The van der Waals surface area contributed by atoms with Crippen molar-refractivity contribution in [2.75, 3.05) is 6.61 Å². The molecule has 0 aliphatic carbocycles. The Labute approximate surface area is 201 Å². The molecule has 1 heterocycles. The lowest BCUT2D eigenvalue weighted by molar-refractivity contribution is -0.168. The molecule has 5 heteroatoms. The van der Waals surface area contributed by atoms with Crippen LogP contribution in [0.2, 0.25) is 0 Å². The van der Waals surface area contributed by atoms with E-state index in [0.29, 0.717) is 32.8 Å². The fourth-order valence-corrected chi connectivity index (χ4v) is 4.24. The van der Waals surface area contributed by atoms with Crippen molar-refractivity contribution < 1.29 is 23.7 Å². The van der Waals surface area contributed by atoms with Crippen LogP contribution in [-0.4, -0.2) is 30.9 Å². The van der Waals surface area contributed by atoms with E-state index >= 15 is 0 Å². The van der Waals surface area contributed by atoms with Crippen LogP contribution in [0.1, 0.15) is 30.0 Å². The number of hydrogen-bond acceptors (Lipinski definition) is 5. The average molecular weight is 461 g/mol. The van der Waals surface area contributed by atoms with Gasteiger partial charge in [0, 0.05) is 12.3 Å². The second-order valence-electron chi connectivity index (χ2n) is 8.67. The number of benzene rings is 3. The third kappa shape index (κ3) is 7.08. The van der Waals surface area contributed by atoms with Crippen molar-refractivity contribution >= 4 is 5.78 Å². The zero-order chi connectivity index (χ0) is 23.6. The molecular formula is C29H32O5. The minimum atomic E-state index is -0.546. The van der Waals surface area contributed by atoms with Gasteiger partial charge in [-0.15, -0.1) is 0 Å². The molecule has 3 aromatic carbocycles. The van der Waals surface area contributed by atoms with Gasteiger partial charge < -0.3 is 23.7 Å². The molecule has 0 aromatic heterocycles. The van der Waals surface area contributed by atoms with E-state index in [4.69, 9.17) is 18.9 Å². The van der Waals surface area contributed by atoms with Gasteiger partial charge in [-0.2, -0.15) is 0 Å². The quantitative estimate of drug-likeness (QED) is 0.366. The van der Waals surface area contributed by atoms with Crippen molar-refractivity contribution in [2.45, 2.75) is 51.7 Å². The standard InChI is InChI=1S/C29H32O5/c1-22(30)17-26-28(32-19-24-13-7-3-8-14-24)27(21-31-18-23-11-5-2-6-12-23)34-29(26)33-20-25-15-9-4-10-16-25/h2-16,26-29H,17-21H2,1H3/t26-,27+,28+,29-/m0/s1. The number of carbonyl (C=O) groups excluding carboxylic acids is 1. The number of hydrogen-bond donors (Lipinski definition) is 0. The van der Waals surface area contributed by atoms with E-state index in [9.17, 15) is 4.79 Å². The van der Waals surface area contributed by atoms with Crippen molar-refractivity contribution in [1.29, 1.82) is 0 Å². The van der Waals surface area contributed by atoms with Crippen molar-refractivity contribution in [3.05, 3.63) is 108 Å². The Balaban J connectivity index is 1.45. The monoisotopic (exact) mass is 460 g/mol. The predicted molar refractivity (Wildman–Crippen MR) is 130 cm³/mol. The van der Waals surface area contributed by atoms with Gasteiger partial charge in [0.25, 0.3) is 0 Å². The van der Waals surface area contributed by atoms with Gasteiger partial charge in [0.1, 0.15) is 11.9 Å². The molecule has 1 aliphatic heterocycles. The normalized spacial score (nSPS) is 22.0. The molecule has 0 radical (unpaired) electrons. The third-order valence-electron chi connectivity index (χ3n) is 5.91. The summed E-state index contributed by atoms with van der Waals surface area (Å²) in [4.78, 5) is 12.1. The summed E-state index contributed by atoms with van der Waals surface area (Å²) in [7, 11) is 0. The van der Waals surface area contributed by atoms with E-state index < -0.39 is 6.29 Å². The summed E-state index contributed by atoms with van der Waals surface area (Å²) >= 11 is 0. The fourth-order valence-electron chi connectivity index (χ4n) is 4.24. The van der Waals surface area contributed by atoms with Crippen molar-refractivity contribution in [3.63, 3.8) is 0 Å². The molecule has 5 nitrogen and oxygen atoms in total. The zero-order valence-corrected chi connectivity index (χ0v) is 19.5. The number of Topliss-reactive ketones (excluding diaryl/α,β-unsaturated/α-hetero) is 1. The number of rotatable bonds is 12. The molecule has 1 fully saturated rings. The molecule has 4 atom stereocenters. The third-order valence-corrected chi connectivity index (χ3v) is 5.91. The number of ether oxygens (including phenoxy) is 4. The van der Waals surface area contributed by atoms with Gasteiger partial charge in [-0.3, -0.25) is 0 Å². The second kappa shape index (κ2) is 12.6. The van der Waals surface area contributed by atoms with Gasteiger partial charge >= 0.3 is 0 Å². The van der Waals surface area contributed by atoms with Crippen molar-refractivity contribution in [2.24, 2.45) is 5.92 Å². The molecule has 0 unspecified atom stereocenters. The molecular weight excluding hydrogens is 428 g/mol. The van der Waals surface area contributed by atoms with E-state index in [2.05, 4.69) is 0 Å². The van der Waals surface area contributed by atoms with Crippen LogP contribution in [0.5, 0.6) is 0 Å². The maximum absolute atomic E-state index is 12.1. The first-order chi connectivity index (χ1) is 16.7. The van der Waals surface area contributed by atoms with Crippen LogP contribution in [-0.2, 0) is 43.6 Å². The second-order valence-corrected chi connectivity index (χ2v) is 8.67. The molecule has 0 N–H and O–H groups in total. The van der Waals surface area contributed by atoms with Crippen LogP contribution in [0.25, 0.3) is 0 Å². The number of ketones is 1. The average Bonchev–Trinajstić information content (AvgIpc) is 3.18. The number of carbonyl (C=O) groups is 1. The minimum Gasteiger partial charge on any atom is -0.374 e. The lowest BCUT2D eigenvalue weighted by atomic mass is 9.95. The van der Waals surface area contributed by atoms with E-state index in [1.807, 2.05) is 91.0 Å². The van der Waals surface area contributed by atoms with Crippen LogP contribution in [0.15, 0.2) is 91.0 Å². The molecule has 0 saturated carbocycles. The Morgan fingerprint density at radius 1 is 0.735 bits per heavy atom. The maximum Gasteiger partial charge on any atom is 0.164 e. The highest BCUT2D eigenvalue weighted by Gasteiger charge is 2.46. The first-order valence-corrected chi connectivity index (χ1v) is 11.8. The first-order valence-electron chi connectivity index (χ1n) is 11.8. The molecule has 0 bridgehead atoms. The van der Waals surface area contributed by atoms with Crippen molar-refractivity contribution in [1.82, 2.24) is 0 Å². The molecule has 1 saturated heterocycles. The van der Waals surface area contributed by atoms with E-state index in [1.54, 1.807) is 6.92 Å². The summed E-state index contributed by atoms with van der Waals surface area (Å²) in [6.45, 7) is 3.28. The predicted octanol–water partition coefficient (Wildman–Crippen LogP) is 5.33.